The molecule has 0 aromatic heterocycles. The molecule has 4 N–H and O–H groups in total. The van der Waals surface area contributed by atoms with Gasteiger partial charge in [-0.15, -0.1) is 0 Å². The lowest BCUT2D eigenvalue weighted by Gasteiger charge is -2.24. The zero-order valence-corrected chi connectivity index (χ0v) is 15.8. The number of hydrogen-bond donors (Lipinski definition) is 3. The van der Waals surface area contributed by atoms with Crippen molar-refractivity contribution in [3.05, 3.63) is 0 Å². The first kappa shape index (κ1) is 20.8. The third-order valence-electron chi connectivity index (χ3n) is 3.05. The van der Waals surface area contributed by atoms with Crippen LogP contribution in [-0.4, -0.2) is 56.1 Å². The average Bonchev–Trinajstić information content (AvgIpc) is 2.21. The van der Waals surface area contributed by atoms with E-state index in [0.717, 1.165) is 0 Å². The number of hydrogen-bond acceptors (Lipinski definition) is 6. The molecule has 2 atom stereocenters. The fraction of sp³-hybridized carbons (Fsp3) is 1.00. The first-order valence-corrected chi connectivity index (χ1v) is 10.9. The van der Waals surface area contributed by atoms with Crippen molar-refractivity contribution in [2.75, 3.05) is 37.4 Å². The summed E-state index contributed by atoms with van der Waals surface area (Å²) in [5, 5.41) is 3.17. The molecule has 0 saturated heterocycles. The van der Waals surface area contributed by atoms with Gasteiger partial charge in [0.25, 0.3) is 0 Å². The fourth-order valence-electron chi connectivity index (χ4n) is 1.74. The third-order valence-corrected chi connectivity index (χ3v) is 7.68. The Morgan fingerprint density at radius 2 is 1.67 bits per heavy atom. The molecule has 0 aliphatic carbocycles. The summed E-state index contributed by atoms with van der Waals surface area (Å²) >= 11 is 0. The molecule has 0 fully saturated rings. The van der Waals surface area contributed by atoms with Gasteiger partial charge < -0.3 is 11.1 Å². The van der Waals surface area contributed by atoms with Crippen LogP contribution in [0.3, 0.4) is 0 Å². The summed E-state index contributed by atoms with van der Waals surface area (Å²) in [4.78, 5) is 0. The highest BCUT2D eigenvalue weighted by Gasteiger charge is 2.25. The molecular formula is C13H32N4O2S2. The molecule has 0 rings (SSSR count). The Hall–Kier alpha value is -0.180. The Bertz CT molecular complexity index is 539. The molecule has 0 heterocycles. The van der Waals surface area contributed by atoms with Gasteiger partial charge in [0.15, 0.2) is 0 Å². The van der Waals surface area contributed by atoms with E-state index in [1.165, 1.54) is 0 Å². The summed E-state index contributed by atoms with van der Waals surface area (Å²) in [6, 6.07) is 0. The average molecular weight is 341 g/mol. The van der Waals surface area contributed by atoms with E-state index in [2.05, 4.69) is 9.68 Å². The molecule has 0 saturated carbocycles. The molecule has 21 heavy (non-hydrogen) atoms. The van der Waals surface area contributed by atoms with E-state index < -0.39 is 29.7 Å². The maximum Gasteiger partial charge on any atom is 0.0770 e. The number of nitrogens with zero attached hydrogens (tertiary/aromatic N) is 1. The molecule has 8 heteroatoms. The van der Waals surface area contributed by atoms with Crippen molar-refractivity contribution in [2.45, 2.75) is 44.9 Å². The first-order chi connectivity index (χ1) is 9.22. The maximum atomic E-state index is 12.2. The van der Waals surface area contributed by atoms with Gasteiger partial charge in [-0.1, -0.05) is 0 Å². The van der Waals surface area contributed by atoms with Gasteiger partial charge in [-0.25, -0.2) is 12.8 Å². The maximum absolute atomic E-state index is 12.2. The zero-order chi connectivity index (χ0) is 16.9. The Morgan fingerprint density at radius 1 is 1.14 bits per heavy atom. The Morgan fingerprint density at radius 3 is 2.10 bits per heavy atom. The van der Waals surface area contributed by atoms with E-state index in [9.17, 15) is 8.42 Å². The van der Waals surface area contributed by atoms with E-state index in [4.69, 9.17) is 10.5 Å². The second-order valence-electron chi connectivity index (χ2n) is 7.02. The molecule has 128 valence electrons. The van der Waals surface area contributed by atoms with E-state index in [-0.39, 0.29) is 0 Å². The number of nitrogens with two attached hydrogens (primary N) is 1. The van der Waals surface area contributed by atoms with Crippen LogP contribution < -0.4 is 11.1 Å². The molecule has 6 nitrogen and oxygen atoms in total. The van der Waals surface area contributed by atoms with Crippen LogP contribution in [0.4, 0.5) is 0 Å². The minimum absolute atomic E-state index is 0.302. The van der Waals surface area contributed by atoms with Crippen LogP contribution in [0.2, 0.25) is 0 Å². The van der Waals surface area contributed by atoms with Crippen molar-refractivity contribution >= 4 is 19.5 Å². The molecule has 0 amide bonds. The van der Waals surface area contributed by atoms with Crippen LogP contribution >= 0.6 is 0 Å². The molecule has 0 aromatic rings. The highest BCUT2D eigenvalue weighted by molar-refractivity contribution is 7.93. The van der Waals surface area contributed by atoms with E-state index in [0.29, 0.717) is 31.1 Å². The van der Waals surface area contributed by atoms with Crippen molar-refractivity contribution in [3.63, 3.8) is 0 Å². The van der Waals surface area contributed by atoms with Crippen molar-refractivity contribution in [1.29, 1.82) is 4.78 Å². The monoisotopic (exact) mass is 340 g/mol. The minimum atomic E-state index is -2.63. The summed E-state index contributed by atoms with van der Waals surface area (Å²) in [6.45, 7) is 10.6. The van der Waals surface area contributed by atoms with Gasteiger partial charge in [0.1, 0.15) is 0 Å². The molecule has 0 aromatic carbocycles. The lowest BCUT2D eigenvalue weighted by Crippen LogP contribution is -2.39. The summed E-state index contributed by atoms with van der Waals surface area (Å²) in [5.74, 6) is 0.692. The summed E-state index contributed by atoms with van der Waals surface area (Å²) in [5.41, 5.74) is 4.96. The zero-order valence-electron chi connectivity index (χ0n) is 14.2. The molecule has 2 unspecified atom stereocenters. The smallest absolute Gasteiger partial charge is 0.0770 e. The molecule has 0 spiro atoms. The number of nitrogens with one attached hydrogen (secondary N) is 2. The summed E-state index contributed by atoms with van der Waals surface area (Å²) < 4.78 is 36.1. The molecule has 0 aliphatic heterocycles. The largest absolute Gasteiger partial charge is 0.330 e. The van der Waals surface area contributed by atoms with Gasteiger partial charge in [0.05, 0.1) is 15.3 Å². The van der Waals surface area contributed by atoms with Crippen molar-refractivity contribution in [3.8, 4) is 0 Å². The van der Waals surface area contributed by atoms with Crippen LogP contribution in [0.25, 0.3) is 0 Å². The highest BCUT2D eigenvalue weighted by Crippen LogP contribution is 2.16. The second kappa shape index (κ2) is 7.39. The molecule has 0 radical (unpaired) electrons. The van der Waals surface area contributed by atoms with Crippen molar-refractivity contribution in [1.82, 2.24) is 5.32 Å². The fourth-order valence-corrected chi connectivity index (χ4v) is 4.42. The van der Waals surface area contributed by atoms with Gasteiger partial charge >= 0.3 is 0 Å². The van der Waals surface area contributed by atoms with Crippen LogP contribution in [0.1, 0.15) is 34.6 Å². The molecule has 0 bridgehead atoms. The SMILES string of the molecule is CC(C)(CNCCS(=N)(=O)C(C)(C)C)N=S(C)(=O)CCN. The van der Waals surface area contributed by atoms with Gasteiger partial charge in [0.2, 0.25) is 0 Å². The Balaban J connectivity index is 4.52. The van der Waals surface area contributed by atoms with Gasteiger partial charge in [-0.3, -0.25) is 4.78 Å². The predicted molar refractivity (Wildman–Crippen MR) is 92.8 cm³/mol. The predicted octanol–water partition coefficient (Wildman–Crippen LogP) is 1.26. The summed E-state index contributed by atoms with van der Waals surface area (Å²) in [7, 11) is -4.89. The third kappa shape index (κ3) is 8.13. The van der Waals surface area contributed by atoms with E-state index in [1.807, 2.05) is 34.6 Å². The Labute approximate surface area is 130 Å². The van der Waals surface area contributed by atoms with E-state index in [1.54, 1.807) is 6.26 Å². The quantitative estimate of drug-likeness (QED) is 0.578. The van der Waals surface area contributed by atoms with Gasteiger partial charge in [-0.05, 0) is 34.6 Å². The Kier molecular flexibility index (Phi) is 7.33. The van der Waals surface area contributed by atoms with Crippen LogP contribution in [-0.2, 0) is 19.5 Å². The van der Waals surface area contributed by atoms with E-state index >= 15 is 0 Å². The minimum Gasteiger partial charge on any atom is -0.330 e. The topological polar surface area (TPSA) is 108 Å². The number of rotatable bonds is 8. The van der Waals surface area contributed by atoms with Crippen molar-refractivity contribution in [2.24, 2.45) is 10.1 Å². The second-order valence-corrected chi connectivity index (χ2v) is 12.5. The standard InChI is InChI=1S/C13H32N4O2S2/c1-12(2,3)21(15,19)10-8-16-11-13(4,5)17-20(6,18)9-7-14/h15-16H,7-11,14H2,1-6H3. The lowest BCUT2D eigenvalue weighted by molar-refractivity contribution is 0.479. The first-order valence-electron chi connectivity index (χ1n) is 7.10. The highest BCUT2D eigenvalue weighted by atomic mass is 32.2. The van der Waals surface area contributed by atoms with Gasteiger partial charge in [0, 0.05) is 51.9 Å². The molecular weight excluding hydrogens is 308 g/mol. The van der Waals surface area contributed by atoms with Crippen LogP contribution in [0.5, 0.6) is 0 Å². The van der Waals surface area contributed by atoms with Crippen molar-refractivity contribution < 1.29 is 8.42 Å². The lowest BCUT2D eigenvalue weighted by atomic mass is 10.1. The molecule has 0 aliphatic rings. The summed E-state index contributed by atoms with van der Waals surface area (Å²) in [6.07, 6.45) is 1.62. The van der Waals surface area contributed by atoms with Gasteiger partial charge in [-0.2, -0.15) is 0 Å². The van der Waals surface area contributed by atoms with Crippen LogP contribution in [0, 0.1) is 4.78 Å². The van der Waals surface area contributed by atoms with Crippen LogP contribution in [0.15, 0.2) is 4.36 Å². The normalized spacial score (nSPS) is 18.8.